The second kappa shape index (κ2) is 69.6. The summed E-state index contributed by atoms with van der Waals surface area (Å²) in [5.74, 6) is -0.894. The molecule has 0 radical (unpaired) electrons. The van der Waals surface area contributed by atoms with Crippen molar-refractivity contribution in [3.8, 4) is 0 Å². The van der Waals surface area contributed by atoms with Crippen LogP contribution >= 0.6 is 0 Å². The summed E-state index contributed by atoms with van der Waals surface area (Å²) >= 11 is 0. The number of unbranched alkanes of at least 4 members (excludes halogenated alkanes) is 34. The molecule has 6 heteroatoms. The minimum absolute atomic E-state index is 0.0837. The van der Waals surface area contributed by atoms with Crippen LogP contribution in [0.3, 0.4) is 0 Å². The fourth-order valence-electron chi connectivity index (χ4n) is 9.77. The third kappa shape index (κ3) is 66.9. The minimum atomic E-state index is -0.789. The molecule has 1 atom stereocenters. The van der Waals surface area contributed by atoms with E-state index in [1.54, 1.807) is 0 Å². The lowest BCUT2D eigenvalue weighted by Crippen LogP contribution is -2.30. The van der Waals surface area contributed by atoms with Crippen molar-refractivity contribution in [2.45, 2.75) is 341 Å². The summed E-state index contributed by atoms with van der Waals surface area (Å²) in [5.41, 5.74) is 0. The second-order valence-corrected chi connectivity index (χ2v) is 23.1. The second-order valence-electron chi connectivity index (χ2n) is 23.1. The van der Waals surface area contributed by atoms with E-state index >= 15 is 0 Å². The molecule has 0 aromatic rings. The van der Waals surface area contributed by atoms with Crippen LogP contribution in [0.1, 0.15) is 335 Å². The molecule has 470 valence electrons. The molecular weight excluding hydrogens is 1010 g/mol. The Hall–Kier alpha value is -3.93. The maximum Gasteiger partial charge on any atom is 0.306 e. The Morgan fingerprint density at radius 1 is 0.256 bits per heavy atom. The Labute approximate surface area is 508 Å². The van der Waals surface area contributed by atoms with Crippen molar-refractivity contribution in [2.75, 3.05) is 13.2 Å². The summed E-state index contributed by atoms with van der Waals surface area (Å²) in [6, 6.07) is 0. The molecule has 0 N–H and O–H groups in total. The molecule has 0 rings (SSSR count). The van der Waals surface area contributed by atoms with Crippen LogP contribution in [0.15, 0.2) is 109 Å². The molecule has 0 amide bonds. The largest absolute Gasteiger partial charge is 0.462 e. The number of allylic oxidation sites excluding steroid dienone is 18. The Morgan fingerprint density at radius 2 is 0.476 bits per heavy atom. The molecule has 0 aromatic carbocycles. The van der Waals surface area contributed by atoms with Crippen LogP contribution in [0.2, 0.25) is 0 Å². The Balaban J connectivity index is 4.17. The summed E-state index contributed by atoms with van der Waals surface area (Å²) in [6.07, 6.45) is 95.5. The fourth-order valence-corrected chi connectivity index (χ4v) is 9.77. The lowest BCUT2D eigenvalue weighted by Gasteiger charge is -2.18. The van der Waals surface area contributed by atoms with Gasteiger partial charge in [0.1, 0.15) is 13.2 Å². The fraction of sp³-hybridized carbons (Fsp3) is 0.724. The predicted molar refractivity (Wildman–Crippen MR) is 357 cm³/mol. The number of hydrogen-bond acceptors (Lipinski definition) is 6. The first kappa shape index (κ1) is 78.1. The topological polar surface area (TPSA) is 78.9 Å². The van der Waals surface area contributed by atoms with E-state index in [1.807, 2.05) is 0 Å². The minimum Gasteiger partial charge on any atom is -0.462 e. The quantitative estimate of drug-likeness (QED) is 0.0261. The zero-order valence-electron chi connectivity index (χ0n) is 54.0. The van der Waals surface area contributed by atoms with Gasteiger partial charge in [-0.15, -0.1) is 0 Å². The lowest BCUT2D eigenvalue weighted by molar-refractivity contribution is -0.167. The summed E-state index contributed by atoms with van der Waals surface area (Å²) in [5, 5.41) is 0. The summed E-state index contributed by atoms with van der Waals surface area (Å²) in [6.45, 7) is 6.50. The number of rotatable bonds is 63. The van der Waals surface area contributed by atoms with Crippen LogP contribution in [0.5, 0.6) is 0 Å². The van der Waals surface area contributed by atoms with Crippen LogP contribution in [-0.4, -0.2) is 37.2 Å². The van der Waals surface area contributed by atoms with Gasteiger partial charge in [0.25, 0.3) is 0 Å². The Kier molecular flexibility index (Phi) is 66.2. The molecule has 6 nitrogen and oxygen atoms in total. The average Bonchev–Trinajstić information content (AvgIpc) is 3.47. The van der Waals surface area contributed by atoms with E-state index < -0.39 is 6.10 Å². The normalized spacial score (nSPS) is 12.8. The van der Waals surface area contributed by atoms with Crippen molar-refractivity contribution < 1.29 is 28.6 Å². The van der Waals surface area contributed by atoms with Crippen LogP contribution in [-0.2, 0) is 28.6 Å². The molecule has 0 aliphatic carbocycles. The Bertz CT molecular complexity index is 1640. The maximum atomic E-state index is 12.9. The lowest BCUT2D eigenvalue weighted by atomic mass is 10.0. The summed E-state index contributed by atoms with van der Waals surface area (Å²) < 4.78 is 16.9. The molecule has 0 aliphatic rings. The number of carbonyl (C=O) groups excluding carboxylic acids is 3. The number of ether oxygens (including phenoxy) is 3. The smallest absolute Gasteiger partial charge is 0.306 e. The molecule has 0 heterocycles. The molecule has 0 bridgehead atoms. The molecule has 0 saturated heterocycles. The highest BCUT2D eigenvalue weighted by Gasteiger charge is 2.19. The van der Waals surface area contributed by atoms with Gasteiger partial charge in [-0.2, -0.15) is 0 Å². The van der Waals surface area contributed by atoms with Gasteiger partial charge in [-0.05, 0) is 128 Å². The van der Waals surface area contributed by atoms with Crippen molar-refractivity contribution in [3.05, 3.63) is 109 Å². The van der Waals surface area contributed by atoms with Gasteiger partial charge in [-0.1, -0.05) is 297 Å². The first-order chi connectivity index (χ1) is 40.5. The van der Waals surface area contributed by atoms with Gasteiger partial charge in [0, 0.05) is 19.3 Å². The average molecular weight is 1140 g/mol. The molecule has 82 heavy (non-hydrogen) atoms. The molecule has 0 saturated carbocycles. The van der Waals surface area contributed by atoms with Gasteiger partial charge in [0.2, 0.25) is 0 Å². The van der Waals surface area contributed by atoms with E-state index in [0.29, 0.717) is 19.3 Å². The first-order valence-electron chi connectivity index (χ1n) is 34.9. The number of carbonyl (C=O) groups is 3. The van der Waals surface area contributed by atoms with Crippen molar-refractivity contribution in [1.29, 1.82) is 0 Å². The van der Waals surface area contributed by atoms with Gasteiger partial charge in [0.15, 0.2) is 6.10 Å². The molecule has 1 unspecified atom stereocenters. The third-order valence-corrected chi connectivity index (χ3v) is 15.0. The SMILES string of the molecule is CC/C=C\C/C=C\C/C=C\C/C=C\C/C=C\C/C=C\CCCCCCCCCCCCCCCCCCC(=O)OCC(COC(=O)CCCCCCC/C=C\CCCCCC)OC(=O)CCCCCCC/C=C\C/C=C\CCCCCC. The standard InChI is InChI=1S/C76H130O6/c1-4-7-10-13-16-19-22-25-27-29-30-31-32-33-34-35-36-37-38-39-40-41-42-43-44-45-46-47-49-51-54-57-60-63-66-69-75(78)81-72-73(71-80-74(77)68-65-62-59-56-53-50-24-21-18-15-12-9-6-3)82-76(79)70-67-64-61-58-55-52-48-28-26-23-20-17-14-11-8-5-2/h7,10,16,19-21,23-25,27-28,30-31,33-34,36-37,48,73H,4-6,8-9,11-15,17-18,22,26,29,32,35,38-47,49-72H2,1-3H3/b10-7-,19-16-,23-20-,24-21-,27-25-,31-30-,34-33-,37-36-,48-28-. The highest BCUT2D eigenvalue weighted by molar-refractivity contribution is 5.71. The van der Waals surface area contributed by atoms with E-state index in [1.165, 1.54) is 167 Å². The first-order valence-corrected chi connectivity index (χ1v) is 34.9. The van der Waals surface area contributed by atoms with E-state index in [9.17, 15) is 14.4 Å². The number of hydrogen-bond donors (Lipinski definition) is 0. The van der Waals surface area contributed by atoms with Crippen molar-refractivity contribution in [1.82, 2.24) is 0 Å². The van der Waals surface area contributed by atoms with Gasteiger partial charge < -0.3 is 14.2 Å². The van der Waals surface area contributed by atoms with Gasteiger partial charge in [-0.3, -0.25) is 14.4 Å². The number of esters is 3. The van der Waals surface area contributed by atoms with E-state index in [4.69, 9.17) is 14.2 Å². The van der Waals surface area contributed by atoms with Gasteiger partial charge >= 0.3 is 17.9 Å². The van der Waals surface area contributed by atoms with Crippen LogP contribution in [0.4, 0.5) is 0 Å². The van der Waals surface area contributed by atoms with Crippen LogP contribution < -0.4 is 0 Å². The molecular formula is C76H130O6. The monoisotopic (exact) mass is 1140 g/mol. The zero-order chi connectivity index (χ0) is 59.2. The van der Waals surface area contributed by atoms with Crippen LogP contribution in [0.25, 0.3) is 0 Å². The van der Waals surface area contributed by atoms with Crippen molar-refractivity contribution >= 4 is 17.9 Å². The summed E-state index contributed by atoms with van der Waals surface area (Å²) in [4.78, 5) is 38.3. The molecule has 0 spiro atoms. The highest BCUT2D eigenvalue weighted by Crippen LogP contribution is 2.17. The predicted octanol–water partition coefficient (Wildman–Crippen LogP) is 24.2. The van der Waals surface area contributed by atoms with Crippen molar-refractivity contribution in [2.24, 2.45) is 0 Å². The van der Waals surface area contributed by atoms with Gasteiger partial charge in [0.05, 0.1) is 0 Å². The van der Waals surface area contributed by atoms with Crippen molar-refractivity contribution in [3.63, 3.8) is 0 Å². The Morgan fingerprint density at radius 3 is 0.756 bits per heavy atom. The molecule has 0 fully saturated rings. The highest BCUT2D eigenvalue weighted by atomic mass is 16.6. The van der Waals surface area contributed by atoms with E-state index in [-0.39, 0.29) is 31.1 Å². The molecule has 0 aliphatic heterocycles. The van der Waals surface area contributed by atoms with Gasteiger partial charge in [-0.25, -0.2) is 0 Å². The maximum absolute atomic E-state index is 12.9. The third-order valence-electron chi connectivity index (χ3n) is 15.0. The zero-order valence-corrected chi connectivity index (χ0v) is 54.0. The van der Waals surface area contributed by atoms with Crippen LogP contribution in [0, 0.1) is 0 Å². The summed E-state index contributed by atoms with van der Waals surface area (Å²) in [7, 11) is 0. The van der Waals surface area contributed by atoms with E-state index in [0.717, 1.165) is 128 Å². The molecule has 0 aromatic heterocycles. The van der Waals surface area contributed by atoms with E-state index in [2.05, 4.69) is 130 Å².